The zero-order chi connectivity index (χ0) is 21.7. The van der Waals surface area contributed by atoms with Crippen molar-refractivity contribution >= 4 is 17.8 Å². The lowest BCUT2D eigenvalue weighted by atomic mass is 10.0. The number of nitro benzene ring substituents is 1. The van der Waals surface area contributed by atoms with Gasteiger partial charge in [-0.25, -0.2) is 5.43 Å². The van der Waals surface area contributed by atoms with Gasteiger partial charge in [-0.3, -0.25) is 14.9 Å². The minimum atomic E-state index is -0.493. The summed E-state index contributed by atoms with van der Waals surface area (Å²) < 4.78 is 10.9. The Hall–Kier alpha value is -3.94. The average Bonchev–Trinajstić information content (AvgIpc) is 3.19. The summed E-state index contributed by atoms with van der Waals surface area (Å²) in [6, 6.07) is 13.5. The third kappa shape index (κ3) is 4.91. The second kappa shape index (κ2) is 9.04. The molecule has 1 aromatic heterocycles. The van der Waals surface area contributed by atoms with Crippen molar-refractivity contribution in [2.75, 3.05) is 7.11 Å². The van der Waals surface area contributed by atoms with Crippen LogP contribution in [0, 0.1) is 24.0 Å². The Balaban J connectivity index is 1.65. The summed E-state index contributed by atoms with van der Waals surface area (Å²) in [6.07, 6.45) is 1.61. The van der Waals surface area contributed by atoms with Gasteiger partial charge in [-0.2, -0.15) is 5.10 Å². The first-order valence-corrected chi connectivity index (χ1v) is 9.18. The van der Waals surface area contributed by atoms with Gasteiger partial charge in [-0.05, 0) is 48.7 Å². The van der Waals surface area contributed by atoms with Crippen LogP contribution in [0.2, 0.25) is 0 Å². The number of carbonyl (C=O) groups excluding carboxylic acids is 1. The van der Waals surface area contributed by atoms with Crippen molar-refractivity contribution in [1.29, 1.82) is 0 Å². The van der Waals surface area contributed by atoms with Crippen LogP contribution in [0.3, 0.4) is 0 Å². The first-order valence-electron chi connectivity index (χ1n) is 9.18. The molecule has 154 valence electrons. The lowest BCUT2D eigenvalue weighted by molar-refractivity contribution is -0.384. The molecule has 0 spiro atoms. The first kappa shape index (κ1) is 20.8. The number of carbonyl (C=O) groups is 1. The second-order valence-corrected chi connectivity index (χ2v) is 6.73. The summed E-state index contributed by atoms with van der Waals surface area (Å²) in [6.45, 7) is 4.02. The fourth-order valence-electron chi connectivity index (χ4n) is 2.87. The van der Waals surface area contributed by atoms with Crippen LogP contribution in [0.15, 0.2) is 58.0 Å². The number of benzene rings is 2. The van der Waals surface area contributed by atoms with Gasteiger partial charge < -0.3 is 9.15 Å². The molecule has 0 unspecified atom stereocenters. The maximum absolute atomic E-state index is 12.1. The van der Waals surface area contributed by atoms with E-state index in [1.54, 1.807) is 18.2 Å². The first-order chi connectivity index (χ1) is 14.4. The molecule has 8 heteroatoms. The highest BCUT2D eigenvalue weighted by Crippen LogP contribution is 2.34. The molecule has 1 heterocycles. The van der Waals surface area contributed by atoms with Crippen LogP contribution in [-0.4, -0.2) is 24.2 Å². The molecule has 0 aliphatic heterocycles. The summed E-state index contributed by atoms with van der Waals surface area (Å²) in [5.74, 6) is 0.962. The van der Waals surface area contributed by atoms with E-state index < -0.39 is 4.92 Å². The van der Waals surface area contributed by atoms with Crippen LogP contribution in [-0.2, 0) is 11.2 Å². The van der Waals surface area contributed by atoms with Gasteiger partial charge in [0.1, 0.15) is 17.3 Å². The molecule has 3 rings (SSSR count). The molecule has 0 saturated heterocycles. The number of hydrazone groups is 1. The predicted octanol–water partition coefficient (Wildman–Crippen LogP) is 4.17. The molecule has 0 bridgehead atoms. The van der Waals surface area contributed by atoms with E-state index in [1.165, 1.54) is 31.0 Å². The lowest BCUT2D eigenvalue weighted by Crippen LogP contribution is -2.19. The number of ether oxygens (including phenoxy) is 1. The summed E-state index contributed by atoms with van der Waals surface area (Å²) in [5, 5.41) is 14.8. The van der Waals surface area contributed by atoms with Crippen molar-refractivity contribution in [3.63, 3.8) is 0 Å². The number of hydrogen-bond donors (Lipinski definition) is 1. The van der Waals surface area contributed by atoms with Crippen LogP contribution in [0.25, 0.3) is 11.3 Å². The van der Waals surface area contributed by atoms with Crippen molar-refractivity contribution in [1.82, 2.24) is 5.43 Å². The molecule has 0 aliphatic rings. The van der Waals surface area contributed by atoms with Gasteiger partial charge in [0, 0.05) is 6.07 Å². The third-order valence-corrected chi connectivity index (χ3v) is 4.61. The molecule has 0 atom stereocenters. The quantitative estimate of drug-likeness (QED) is 0.359. The van der Waals surface area contributed by atoms with E-state index in [0.29, 0.717) is 22.8 Å². The molecule has 0 radical (unpaired) electrons. The zero-order valence-corrected chi connectivity index (χ0v) is 16.8. The largest absolute Gasteiger partial charge is 0.496 e. The Bertz CT molecular complexity index is 1120. The number of non-ortho nitro benzene ring substituents is 1. The molecular formula is C22H21N3O5. The summed E-state index contributed by atoms with van der Waals surface area (Å²) >= 11 is 0. The molecule has 0 saturated carbocycles. The number of methoxy groups -OCH3 is 1. The average molecular weight is 407 g/mol. The van der Waals surface area contributed by atoms with Gasteiger partial charge in [0.2, 0.25) is 5.91 Å². The maximum atomic E-state index is 12.1. The minimum Gasteiger partial charge on any atom is -0.496 e. The molecule has 1 N–H and O–H groups in total. The highest BCUT2D eigenvalue weighted by Gasteiger charge is 2.15. The van der Waals surface area contributed by atoms with E-state index in [2.05, 4.69) is 10.5 Å². The number of furan rings is 1. The topological polar surface area (TPSA) is 107 Å². The van der Waals surface area contributed by atoms with E-state index in [1.807, 2.05) is 32.0 Å². The molecule has 1 amide bonds. The van der Waals surface area contributed by atoms with Gasteiger partial charge >= 0.3 is 0 Å². The normalized spacial score (nSPS) is 10.9. The zero-order valence-electron chi connectivity index (χ0n) is 16.8. The van der Waals surface area contributed by atoms with Gasteiger partial charge in [-0.15, -0.1) is 0 Å². The van der Waals surface area contributed by atoms with Crippen LogP contribution >= 0.6 is 0 Å². The number of aryl methyl sites for hydroxylation is 2. The van der Waals surface area contributed by atoms with E-state index in [9.17, 15) is 14.9 Å². The monoisotopic (exact) mass is 407 g/mol. The van der Waals surface area contributed by atoms with Crippen LogP contribution in [0.1, 0.15) is 22.5 Å². The molecule has 0 fully saturated rings. The number of nitro groups is 1. The number of rotatable bonds is 7. The van der Waals surface area contributed by atoms with Gasteiger partial charge in [0.15, 0.2) is 0 Å². The van der Waals surface area contributed by atoms with Crippen LogP contribution in [0.5, 0.6) is 5.75 Å². The Morgan fingerprint density at radius 3 is 2.67 bits per heavy atom. The highest BCUT2D eigenvalue weighted by molar-refractivity contribution is 5.82. The van der Waals surface area contributed by atoms with Crippen molar-refractivity contribution in [2.24, 2.45) is 5.10 Å². The summed E-state index contributed by atoms with van der Waals surface area (Å²) in [5.41, 5.74) is 6.20. The number of nitrogens with one attached hydrogen (secondary N) is 1. The number of hydrogen-bond acceptors (Lipinski definition) is 6. The number of amides is 1. The lowest BCUT2D eigenvalue weighted by Gasteiger charge is -2.05. The standard InChI is InChI=1S/C22H21N3O5/c1-14-4-5-16(10-15(14)2)11-22(26)24-23-13-18-7-9-20(30-18)19-8-6-17(25(27)28)12-21(19)29-3/h4-10,12-13H,11H2,1-3H3,(H,24,26)/b23-13-. The van der Waals surface area contributed by atoms with Crippen LogP contribution < -0.4 is 10.2 Å². The Labute approximate surface area is 173 Å². The molecule has 3 aromatic rings. The van der Waals surface area contributed by atoms with E-state index in [-0.39, 0.29) is 18.0 Å². The van der Waals surface area contributed by atoms with Crippen molar-refractivity contribution in [3.05, 3.63) is 81.1 Å². The molecular weight excluding hydrogens is 386 g/mol. The van der Waals surface area contributed by atoms with Crippen molar-refractivity contribution in [2.45, 2.75) is 20.3 Å². The Morgan fingerprint density at radius 1 is 1.17 bits per heavy atom. The fourth-order valence-corrected chi connectivity index (χ4v) is 2.87. The van der Waals surface area contributed by atoms with E-state index in [0.717, 1.165) is 11.1 Å². The molecule has 2 aromatic carbocycles. The Kier molecular flexibility index (Phi) is 6.26. The van der Waals surface area contributed by atoms with Crippen molar-refractivity contribution in [3.8, 4) is 17.1 Å². The smallest absolute Gasteiger partial charge is 0.273 e. The summed E-state index contributed by atoms with van der Waals surface area (Å²) in [7, 11) is 1.43. The predicted molar refractivity (Wildman–Crippen MR) is 113 cm³/mol. The maximum Gasteiger partial charge on any atom is 0.273 e. The summed E-state index contributed by atoms with van der Waals surface area (Å²) in [4.78, 5) is 22.5. The van der Waals surface area contributed by atoms with E-state index in [4.69, 9.17) is 9.15 Å². The van der Waals surface area contributed by atoms with Gasteiger partial charge in [0.05, 0.1) is 36.3 Å². The second-order valence-electron chi connectivity index (χ2n) is 6.73. The molecule has 8 nitrogen and oxygen atoms in total. The highest BCUT2D eigenvalue weighted by atomic mass is 16.6. The van der Waals surface area contributed by atoms with E-state index >= 15 is 0 Å². The SMILES string of the molecule is COc1cc([N+](=O)[O-])ccc1-c1ccc(/C=N\NC(=O)Cc2ccc(C)c(C)c2)o1. The third-order valence-electron chi connectivity index (χ3n) is 4.61. The van der Waals surface area contributed by atoms with Gasteiger partial charge in [-0.1, -0.05) is 18.2 Å². The molecule has 30 heavy (non-hydrogen) atoms. The van der Waals surface area contributed by atoms with Crippen LogP contribution in [0.4, 0.5) is 5.69 Å². The Morgan fingerprint density at radius 2 is 1.97 bits per heavy atom. The number of nitrogens with zero attached hydrogens (tertiary/aromatic N) is 2. The fraction of sp³-hybridized carbons (Fsp3) is 0.182. The minimum absolute atomic E-state index is 0.0737. The molecule has 0 aliphatic carbocycles. The van der Waals surface area contributed by atoms with Crippen molar-refractivity contribution < 1.29 is 18.9 Å². The van der Waals surface area contributed by atoms with Gasteiger partial charge in [0.25, 0.3) is 5.69 Å².